The first-order valence-electron chi connectivity index (χ1n) is 8.63. The molecule has 1 aromatic carbocycles. The molecule has 5 nitrogen and oxygen atoms in total. The minimum atomic E-state index is -0.0193. The molecule has 0 aliphatic carbocycles. The highest BCUT2D eigenvalue weighted by atomic mass is 32.2. The van der Waals surface area contributed by atoms with Crippen molar-refractivity contribution < 1.29 is 9.53 Å². The molecule has 0 bridgehead atoms. The van der Waals surface area contributed by atoms with Crippen LogP contribution < -0.4 is 4.74 Å². The molecule has 0 N–H and O–H groups in total. The molecule has 0 unspecified atom stereocenters. The lowest BCUT2D eigenvalue weighted by atomic mass is 10.2. The van der Waals surface area contributed by atoms with E-state index in [1.54, 1.807) is 25.1 Å². The number of carbonyl (C=O) groups excluding carboxylic acids is 1. The number of aryl methyl sites for hydroxylation is 1. The van der Waals surface area contributed by atoms with Crippen molar-refractivity contribution in [3.8, 4) is 11.4 Å². The van der Waals surface area contributed by atoms with Gasteiger partial charge < -0.3 is 9.30 Å². The second kappa shape index (κ2) is 7.88. The molecule has 140 valence electrons. The minimum absolute atomic E-state index is 0.0193. The fourth-order valence-corrected chi connectivity index (χ4v) is 3.99. The van der Waals surface area contributed by atoms with E-state index in [2.05, 4.69) is 36.1 Å². The average Bonchev–Trinajstić information content (AvgIpc) is 3.10. The number of ether oxygens (including phenoxy) is 1. The van der Waals surface area contributed by atoms with Gasteiger partial charge in [0.1, 0.15) is 12.4 Å². The zero-order valence-corrected chi connectivity index (χ0v) is 16.8. The second-order valence-corrected chi connectivity index (χ2v) is 7.25. The first kappa shape index (κ1) is 19.0. The van der Waals surface area contributed by atoms with Gasteiger partial charge in [0.2, 0.25) is 0 Å². The third-order valence-corrected chi connectivity index (χ3v) is 5.57. The third-order valence-electron chi connectivity index (χ3n) is 4.41. The number of hydrogen-bond donors (Lipinski definition) is 0. The molecule has 0 radical (unpaired) electrons. The van der Waals surface area contributed by atoms with E-state index in [-0.39, 0.29) is 5.91 Å². The summed E-state index contributed by atoms with van der Waals surface area (Å²) in [6.07, 6.45) is 3.67. The first-order chi connectivity index (χ1) is 13.0. The van der Waals surface area contributed by atoms with Crippen LogP contribution in [0.2, 0.25) is 0 Å². The summed E-state index contributed by atoms with van der Waals surface area (Å²) in [5.41, 5.74) is 4.27. The van der Waals surface area contributed by atoms with Crippen LogP contribution in [0.15, 0.2) is 52.9 Å². The number of thioether (sulfide) groups is 1. The Morgan fingerprint density at radius 3 is 2.56 bits per heavy atom. The van der Waals surface area contributed by atoms with Crippen LogP contribution in [-0.2, 0) is 4.79 Å². The molecule has 1 aliphatic heterocycles. The molecule has 1 aromatic heterocycles. The fraction of sp³-hybridized carbons (Fsp3) is 0.238. The van der Waals surface area contributed by atoms with E-state index in [4.69, 9.17) is 4.74 Å². The molecule has 0 spiro atoms. The highest BCUT2D eigenvalue weighted by Gasteiger charge is 2.30. The van der Waals surface area contributed by atoms with E-state index in [1.165, 1.54) is 11.8 Å². The smallest absolute Gasteiger partial charge is 0.266 e. The number of carbonyl (C=O) groups is 1. The Labute approximate surface area is 164 Å². The second-order valence-electron chi connectivity index (χ2n) is 6.24. The van der Waals surface area contributed by atoms with E-state index in [9.17, 15) is 4.79 Å². The van der Waals surface area contributed by atoms with Crippen molar-refractivity contribution in [3.63, 3.8) is 0 Å². The number of aromatic nitrogens is 1. The molecule has 3 rings (SSSR count). The molecular formula is C21H23N3O2S. The van der Waals surface area contributed by atoms with E-state index in [1.807, 2.05) is 30.3 Å². The van der Waals surface area contributed by atoms with Crippen LogP contribution in [0.25, 0.3) is 11.8 Å². The molecule has 2 aromatic rings. The van der Waals surface area contributed by atoms with Crippen molar-refractivity contribution in [1.82, 2.24) is 9.47 Å². The van der Waals surface area contributed by atoms with Crippen LogP contribution in [0.5, 0.6) is 5.75 Å². The molecule has 2 heterocycles. The lowest BCUT2D eigenvalue weighted by Gasteiger charge is -2.11. The van der Waals surface area contributed by atoms with Crippen molar-refractivity contribution in [3.05, 3.63) is 64.8 Å². The summed E-state index contributed by atoms with van der Waals surface area (Å²) in [4.78, 5) is 18.8. The normalized spacial score (nSPS) is 17.2. The number of likely N-dealkylation sites (N-methyl/N-ethyl adjacent to an activating group) is 1. The standard InChI is InChI=1S/C21H23N3O2S/c1-6-11-26-18-9-7-17(8-10-18)24-14(2)12-16(15(24)3)13-19-20(25)23(5)21(22-4)27-19/h6-10,12-13H,1,11H2,2-5H3/b19-13-,22-21?. The zero-order chi connectivity index (χ0) is 19.6. The van der Waals surface area contributed by atoms with Gasteiger partial charge in [-0.1, -0.05) is 12.7 Å². The van der Waals surface area contributed by atoms with Gasteiger partial charge in [0, 0.05) is 31.2 Å². The Balaban J connectivity index is 1.93. The SMILES string of the molecule is C=CCOc1ccc(-n2c(C)cc(/C=C3\SC(=NC)N(C)C3=O)c2C)cc1. The van der Waals surface area contributed by atoms with Gasteiger partial charge in [-0.05, 0) is 67.6 Å². The maximum absolute atomic E-state index is 12.4. The van der Waals surface area contributed by atoms with Crippen LogP contribution in [0.4, 0.5) is 0 Å². The quantitative estimate of drug-likeness (QED) is 0.576. The largest absolute Gasteiger partial charge is 0.490 e. The lowest BCUT2D eigenvalue weighted by molar-refractivity contribution is -0.121. The first-order valence-corrected chi connectivity index (χ1v) is 9.45. The predicted molar refractivity (Wildman–Crippen MR) is 113 cm³/mol. The Hall–Kier alpha value is -2.73. The number of rotatable bonds is 5. The maximum Gasteiger partial charge on any atom is 0.266 e. The Bertz CT molecular complexity index is 939. The Morgan fingerprint density at radius 1 is 1.26 bits per heavy atom. The monoisotopic (exact) mass is 381 g/mol. The average molecular weight is 382 g/mol. The number of aliphatic imine (C=N–C) groups is 1. The van der Waals surface area contributed by atoms with Crippen molar-refractivity contribution in [2.75, 3.05) is 20.7 Å². The summed E-state index contributed by atoms with van der Waals surface area (Å²) in [6, 6.07) is 10.1. The molecule has 27 heavy (non-hydrogen) atoms. The van der Waals surface area contributed by atoms with E-state index < -0.39 is 0 Å². The topological polar surface area (TPSA) is 46.8 Å². The number of amides is 1. The highest BCUT2D eigenvalue weighted by Crippen LogP contribution is 2.33. The van der Waals surface area contributed by atoms with Crippen LogP contribution in [-0.4, -0.2) is 41.2 Å². The van der Waals surface area contributed by atoms with Gasteiger partial charge in [0.05, 0.1) is 4.91 Å². The van der Waals surface area contributed by atoms with Crippen molar-refractivity contribution in [2.24, 2.45) is 4.99 Å². The summed E-state index contributed by atoms with van der Waals surface area (Å²) in [5.74, 6) is 0.792. The molecule has 0 atom stereocenters. The minimum Gasteiger partial charge on any atom is -0.490 e. The van der Waals surface area contributed by atoms with Crippen molar-refractivity contribution in [2.45, 2.75) is 13.8 Å². The van der Waals surface area contributed by atoms with Crippen molar-refractivity contribution >= 4 is 28.9 Å². The van der Waals surface area contributed by atoms with E-state index >= 15 is 0 Å². The summed E-state index contributed by atoms with van der Waals surface area (Å²) >= 11 is 1.40. The van der Waals surface area contributed by atoms with Crippen LogP contribution in [0.3, 0.4) is 0 Å². The Kier molecular flexibility index (Phi) is 5.56. The third kappa shape index (κ3) is 3.71. The van der Waals surface area contributed by atoms with Gasteiger partial charge in [-0.3, -0.25) is 14.7 Å². The van der Waals surface area contributed by atoms with E-state index in [0.717, 1.165) is 33.6 Å². The predicted octanol–water partition coefficient (Wildman–Crippen LogP) is 4.19. The van der Waals surface area contributed by atoms with Crippen LogP contribution >= 0.6 is 11.8 Å². The molecular weight excluding hydrogens is 358 g/mol. The molecule has 0 saturated carbocycles. The molecule has 1 aliphatic rings. The summed E-state index contributed by atoms with van der Waals surface area (Å²) in [6.45, 7) is 8.27. The van der Waals surface area contributed by atoms with Gasteiger partial charge in [0.15, 0.2) is 5.17 Å². The van der Waals surface area contributed by atoms with Gasteiger partial charge in [0.25, 0.3) is 5.91 Å². The van der Waals surface area contributed by atoms with Crippen molar-refractivity contribution in [1.29, 1.82) is 0 Å². The number of hydrogen-bond acceptors (Lipinski definition) is 4. The Morgan fingerprint density at radius 2 is 1.96 bits per heavy atom. The lowest BCUT2D eigenvalue weighted by Crippen LogP contribution is -2.23. The van der Waals surface area contributed by atoms with Gasteiger partial charge in [-0.15, -0.1) is 0 Å². The number of nitrogens with zero attached hydrogens (tertiary/aromatic N) is 3. The van der Waals surface area contributed by atoms with Crippen LogP contribution in [0, 0.1) is 13.8 Å². The van der Waals surface area contributed by atoms with Gasteiger partial charge >= 0.3 is 0 Å². The van der Waals surface area contributed by atoms with Gasteiger partial charge in [-0.2, -0.15) is 0 Å². The molecule has 6 heteroatoms. The maximum atomic E-state index is 12.4. The summed E-state index contributed by atoms with van der Waals surface area (Å²) in [7, 11) is 3.45. The zero-order valence-electron chi connectivity index (χ0n) is 16.0. The fourth-order valence-electron chi connectivity index (χ4n) is 3.07. The summed E-state index contributed by atoms with van der Waals surface area (Å²) in [5, 5.41) is 0.718. The number of benzene rings is 1. The molecule has 1 saturated heterocycles. The van der Waals surface area contributed by atoms with E-state index in [0.29, 0.717) is 11.5 Å². The highest BCUT2D eigenvalue weighted by molar-refractivity contribution is 8.18. The van der Waals surface area contributed by atoms with Crippen LogP contribution in [0.1, 0.15) is 17.0 Å². The molecule has 1 amide bonds. The number of amidine groups is 1. The van der Waals surface area contributed by atoms with Gasteiger partial charge in [-0.25, -0.2) is 0 Å². The molecule has 1 fully saturated rings. The summed E-state index contributed by atoms with van der Waals surface area (Å²) < 4.78 is 7.72.